The third kappa shape index (κ3) is 4.32. The maximum Gasteiger partial charge on any atom is 0.258 e. The molecule has 19 heavy (non-hydrogen) atoms. The molecule has 0 saturated heterocycles. The molecule has 0 fully saturated rings. The fourth-order valence-corrected chi connectivity index (χ4v) is 1.44. The van der Waals surface area contributed by atoms with Crippen molar-refractivity contribution in [3.8, 4) is 11.8 Å². The van der Waals surface area contributed by atoms with Crippen molar-refractivity contribution in [2.45, 2.75) is 13.8 Å². The lowest BCUT2D eigenvalue weighted by Crippen LogP contribution is -2.29. The SMILES string of the molecule is C/C(=N\O)c1cc(C)ccc1OCC(=O)NCC#N. The van der Waals surface area contributed by atoms with Crippen LogP contribution in [-0.4, -0.2) is 30.0 Å². The van der Waals surface area contributed by atoms with Crippen LogP contribution in [0.15, 0.2) is 23.4 Å². The average Bonchev–Trinajstić information content (AvgIpc) is 2.42. The first kappa shape index (κ1) is 14.5. The van der Waals surface area contributed by atoms with Gasteiger partial charge < -0.3 is 15.3 Å². The molecular formula is C13H15N3O3. The van der Waals surface area contributed by atoms with E-state index in [4.69, 9.17) is 15.2 Å². The summed E-state index contributed by atoms with van der Waals surface area (Å²) < 4.78 is 5.36. The molecule has 0 aliphatic rings. The molecule has 6 heteroatoms. The van der Waals surface area contributed by atoms with E-state index < -0.39 is 0 Å². The van der Waals surface area contributed by atoms with Gasteiger partial charge in [0.1, 0.15) is 12.3 Å². The Hall–Kier alpha value is -2.55. The van der Waals surface area contributed by atoms with Gasteiger partial charge in [-0.3, -0.25) is 4.79 Å². The number of carbonyl (C=O) groups excluding carboxylic acids is 1. The lowest BCUT2D eigenvalue weighted by Gasteiger charge is -2.11. The van der Waals surface area contributed by atoms with E-state index in [0.717, 1.165) is 5.56 Å². The highest BCUT2D eigenvalue weighted by molar-refractivity contribution is 6.01. The van der Waals surface area contributed by atoms with Crippen LogP contribution < -0.4 is 10.1 Å². The predicted octanol–water partition coefficient (Wildman–Crippen LogP) is 1.21. The molecule has 0 heterocycles. The number of rotatable bonds is 5. The number of amides is 1. The van der Waals surface area contributed by atoms with Crippen molar-refractivity contribution >= 4 is 11.6 Å². The van der Waals surface area contributed by atoms with Crippen LogP contribution in [0.3, 0.4) is 0 Å². The first-order valence-electron chi connectivity index (χ1n) is 5.64. The Morgan fingerprint density at radius 3 is 2.95 bits per heavy atom. The highest BCUT2D eigenvalue weighted by atomic mass is 16.5. The molecule has 0 saturated carbocycles. The van der Waals surface area contributed by atoms with Crippen molar-refractivity contribution in [3.05, 3.63) is 29.3 Å². The summed E-state index contributed by atoms with van der Waals surface area (Å²) in [7, 11) is 0. The van der Waals surface area contributed by atoms with E-state index in [9.17, 15) is 4.79 Å². The first-order chi connectivity index (χ1) is 9.08. The molecule has 100 valence electrons. The lowest BCUT2D eigenvalue weighted by molar-refractivity contribution is -0.122. The normalized spacial score (nSPS) is 10.7. The van der Waals surface area contributed by atoms with E-state index >= 15 is 0 Å². The quantitative estimate of drug-likeness (QED) is 0.360. The summed E-state index contributed by atoms with van der Waals surface area (Å²) in [4.78, 5) is 11.3. The van der Waals surface area contributed by atoms with Gasteiger partial charge in [0.05, 0.1) is 11.8 Å². The van der Waals surface area contributed by atoms with Crippen molar-refractivity contribution in [1.82, 2.24) is 5.32 Å². The Bertz CT molecular complexity index is 532. The average molecular weight is 261 g/mol. The van der Waals surface area contributed by atoms with Crippen LogP contribution in [0, 0.1) is 18.3 Å². The third-order valence-corrected chi connectivity index (χ3v) is 2.40. The summed E-state index contributed by atoms with van der Waals surface area (Å²) in [6, 6.07) is 7.14. The zero-order valence-corrected chi connectivity index (χ0v) is 10.8. The Morgan fingerprint density at radius 1 is 1.58 bits per heavy atom. The minimum atomic E-state index is -0.383. The van der Waals surface area contributed by atoms with Crippen LogP contribution in [0.25, 0.3) is 0 Å². The maximum atomic E-state index is 11.3. The summed E-state index contributed by atoms with van der Waals surface area (Å²) >= 11 is 0. The smallest absolute Gasteiger partial charge is 0.258 e. The molecule has 0 spiro atoms. The number of nitrogens with one attached hydrogen (secondary N) is 1. The van der Waals surface area contributed by atoms with Crippen LogP contribution in [0.2, 0.25) is 0 Å². The minimum absolute atomic E-state index is 0.0555. The topological polar surface area (TPSA) is 94.7 Å². The highest BCUT2D eigenvalue weighted by Crippen LogP contribution is 2.20. The number of carbonyl (C=O) groups is 1. The summed E-state index contributed by atoms with van der Waals surface area (Å²) in [5, 5.41) is 22.6. The lowest BCUT2D eigenvalue weighted by atomic mass is 10.1. The third-order valence-electron chi connectivity index (χ3n) is 2.40. The maximum absolute atomic E-state index is 11.3. The van der Waals surface area contributed by atoms with Crippen molar-refractivity contribution in [2.75, 3.05) is 13.2 Å². The minimum Gasteiger partial charge on any atom is -0.483 e. The van der Waals surface area contributed by atoms with Gasteiger partial charge in [-0.15, -0.1) is 0 Å². The monoisotopic (exact) mass is 261 g/mol. The second-order valence-electron chi connectivity index (χ2n) is 3.91. The molecule has 0 aromatic heterocycles. The molecule has 0 radical (unpaired) electrons. The summed E-state index contributed by atoms with van der Waals surface area (Å²) in [5.74, 6) is 0.0691. The number of nitriles is 1. The Morgan fingerprint density at radius 2 is 2.32 bits per heavy atom. The molecule has 1 amide bonds. The number of ether oxygens (including phenoxy) is 1. The number of oxime groups is 1. The number of benzene rings is 1. The van der Waals surface area contributed by atoms with Gasteiger partial charge in [0.25, 0.3) is 5.91 Å². The molecule has 0 aliphatic carbocycles. The molecule has 1 aromatic carbocycles. The first-order valence-corrected chi connectivity index (χ1v) is 5.64. The van der Waals surface area contributed by atoms with Crippen molar-refractivity contribution in [1.29, 1.82) is 5.26 Å². The fourth-order valence-electron chi connectivity index (χ4n) is 1.44. The Kier molecular flexibility index (Phi) is 5.35. The van der Waals surface area contributed by atoms with Crippen molar-refractivity contribution < 1.29 is 14.7 Å². The van der Waals surface area contributed by atoms with E-state index in [2.05, 4.69) is 10.5 Å². The van der Waals surface area contributed by atoms with Gasteiger partial charge in [0.15, 0.2) is 6.61 Å². The van der Waals surface area contributed by atoms with Crippen LogP contribution in [0.4, 0.5) is 0 Å². The highest BCUT2D eigenvalue weighted by Gasteiger charge is 2.09. The van der Waals surface area contributed by atoms with Crippen LogP contribution >= 0.6 is 0 Å². The van der Waals surface area contributed by atoms with Crippen LogP contribution in [0.5, 0.6) is 5.75 Å². The van der Waals surface area contributed by atoms with Crippen LogP contribution in [0.1, 0.15) is 18.1 Å². The number of hydrogen-bond donors (Lipinski definition) is 2. The standard InChI is InChI=1S/C13H15N3O3/c1-9-3-4-12(11(7-9)10(2)16-18)19-8-13(17)15-6-5-14/h3-4,7,18H,6,8H2,1-2H3,(H,15,17)/b16-10+. The molecular weight excluding hydrogens is 246 g/mol. The summed E-state index contributed by atoms with van der Waals surface area (Å²) in [5.41, 5.74) is 2.01. The van der Waals surface area contributed by atoms with Gasteiger partial charge in [0, 0.05) is 5.56 Å². The van der Waals surface area contributed by atoms with Gasteiger partial charge in [-0.1, -0.05) is 16.8 Å². The van der Waals surface area contributed by atoms with Crippen molar-refractivity contribution in [2.24, 2.45) is 5.16 Å². The second-order valence-corrected chi connectivity index (χ2v) is 3.91. The van der Waals surface area contributed by atoms with Crippen molar-refractivity contribution in [3.63, 3.8) is 0 Å². The molecule has 0 bridgehead atoms. The molecule has 2 N–H and O–H groups in total. The number of nitrogens with zero attached hydrogens (tertiary/aromatic N) is 2. The number of hydrogen-bond acceptors (Lipinski definition) is 5. The largest absolute Gasteiger partial charge is 0.483 e. The molecule has 0 aliphatic heterocycles. The van der Waals surface area contributed by atoms with Crippen LogP contribution in [-0.2, 0) is 4.79 Å². The second kappa shape index (κ2) is 7.01. The molecule has 0 atom stereocenters. The van der Waals surface area contributed by atoms with E-state index in [1.165, 1.54) is 0 Å². The van der Waals surface area contributed by atoms with E-state index in [1.54, 1.807) is 25.1 Å². The summed E-state index contributed by atoms with van der Waals surface area (Å²) in [6.45, 7) is 3.28. The van der Waals surface area contributed by atoms with E-state index in [1.807, 2.05) is 13.0 Å². The van der Waals surface area contributed by atoms with Gasteiger partial charge in [-0.05, 0) is 26.0 Å². The van der Waals surface area contributed by atoms with Gasteiger partial charge in [-0.2, -0.15) is 5.26 Å². The Labute approximate surface area is 111 Å². The summed E-state index contributed by atoms with van der Waals surface area (Å²) in [6.07, 6.45) is 0. The zero-order valence-electron chi connectivity index (χ0n) is 10.8. The van der Waals surface area contributed by atoms with Gasteiger partial charge >= 0.3 is 0 Å². The zero-order chi connectivity index (χ0) is 14.3. The van der Waals surface area contributed by atoms with Gasteiger partial charge in [-0.25, -0.2) is 0 Å². The molecule has 0 unspecified atom stereocenters. The predicted molar refractivity (Wildman–Crippen MR) is 69.3 cm³/mol. The molecule has 1 rings (SSSR count). The van der Waals surface area contributed by atoms with E-state index in [-0.39, 0.29) is 19.1 Å². The Balaban J connectivity index is 2.79. The number of aryl methyl sites for hydroxylation is 1. The fraction of sp³-hybridized carbons (Fsp3) is 0.308. The molecule has 6 nitrogen and oxygen atoms in total. The molecule has 1 aromatic rings. The van der Waals surface area contributed by atoms with E-state index in [0.29, 0.717) is 17.0 Å². The van der Waals surface area contributed by atoms with Gasteiger partial charge in [0.2, 0.25) is 0 Å².